The van der Waals surface area contributed by atoms with E-state index in [1.54, 1.807) is 25.1 Å². The molecule has 0 bridgehead atoms. The monoisotopic (exact) mass is 310 g/mol. The number of aryl methyl sites for hydroxylation is 1. The maximum absolute atomic E-state index is 12.1. The molecule has 2 unspecified atom stereocenters. The predicted molar refractivity (Wildman–Crippen MR) is 81.2 cm³/mol. The highest BCUT2D eigenvalue weighted by molar-refractivity contribution is 6.39. The predicted octanol–water partition coefficient (Wildman–Crippen LogP) is 1.82. The smallest absolute Gasteiger partial charge is 0.313 e. The van der Waals surface area contributed by atoms with Crippen LogP contribution in [-0.4, -0.2) is 41.0 Å². The molecule has 1 saturated heterocycles. The van der Waals surface area contributed by atoms with E-state index in [1.165, 1.54) is 4.90 Å². The van der Waals surface area contributed by atoms with Gasteiger partial charge >= 0.3 is 11.8 Å². The molecule has 1 aromatic rings. The number of halogens is 1. The summed E-state index contributed by atoms with van der Waals surface area (Å²) in [5.74, 6) is -1.18. The minimum absolute atomic E-state index is 0.0408. The van der Waals surface area contributed by atoms with E-state index in [0.717, 1.165) is 12.0 Å². The highest BCUT2D eigenvalue weighted by atomic mass is 35.5. The van der Waals surface area contributed by atoms with Gasteiger partial charge in [0.05, 0.1) is 6.10 Å². The lowest BCUT2D eigenvalue weighted by Gasteiger charge is -2.17. The van der Waals surface area contributed by atoms with E-state index in [1.807, 2.05) is 6.92 Å². The van der Waals surface area contributed by atoms with Crippen molar-refractivity contribution in [3.05, 3.63) is 28.8 Å². The molecule has 1 aliphatic heterocycles. The number of benzene rings is 1. The van der Waals surface area contributed by atoms with Crippen molar-refractivity contribution in [3.8, 4) is 0 Å². The SMILES string of the molecule is Cc1cc(Cl)ccc1NC(=O)C(=O)N1CCC(C(C)O)C1. The second-order valence-electron chi connectivity index (χ2n) is 5.45. The molecule has 1 fully saturated rings. The van der Waals surface area contributed by atoms with Crippen molar-refractivity contribution in [1.82, 2.24) is 4.90 Å². The third-order valence-corrected chi connectivity index (χ3v) is 4.06. The van der Waals surface area contributed by atoms with Crippen molar-refractivity contribution < 1.29 is 14.7 Å². The standard InChI is InChI=1S/C15H19ClN2O3/c1-9-7-12(16)3-4-13(9)17-14(20)15(21)18-6-5-11(8-18)10(2)19/h3-4,7,10-11,19H,5-6,8H2,1-2H3,(H,17,20). The molecule has 2 amide bonds. The van der Waals surface area contributed by atoms with Gasteiger partial charge in [-0.1, -0.05) is 11.6 Å². The third-order valence-electron chi connectivity index (χ3n) is 3.83. The van der Waals surface area contributed by atoms with Gasteiger partial charge in [-0.25, -0.2) is 0 Å². The molecular weight excluding hydrogens is 292 g/mol. The number of hydrogen-bond acceptors (Lipinski definition) is 3. The first-order chi connectivity index (χ1) is 9.88. The van der Waals surface area contributed by atoms with Gasteiger partial charge in [-0.05, 0) is 44.0 Å². The largest absolute Gasteiger partial charge is 0.393 e. The van der Waals surface area contributed by atoms with E-state index in [2.05, 4.69) is 5.32 Å². The second kappa shape index (κ2) is 6.45. The molecule has 2 atom stereocenters. The number of nitrogens with zero attached hydrogens (tertiary/aromatic N) is 1. The Morgan fingerprint density at radius 2 is 2.19 bits per heavy atom. The molecule has 0 radical (unpaired) electrons. The second-order valence-corrected chi connectivity index (χ2v) is 5.89. The van der Waals surface area contributed by atoms with E-state index in [4.69, 9.17) is 11.6 Å². The third kappa shape index (κ3) is 3.74. The summed E-state index contributed by atoms with van der Waals surface area (Å²) >= 11 is 5.85. The van der Waals surface area contributed by atoms with Crippen LogP contribution in [0, 0.1) is 12.8 Å². The van der Waals surface area contributed by atoms with Gasteiger partial charge in [0.25, 0.3) is 0 Å². The lowest BCUT2D eigenvalue weighted by molar-refractivity contribution is -0.142. The number of likely N-dealkylation sites (tertiary alicyclic amines) is 1. The number of carbonyl (C=O) groups is 2. The van der Waals surface area contributed by atoms with Gasteiger partial charge in [0.2, 0.25) is 0 Å². The Hall–Kier alpha value is -1.59. The molecule has 2 N–H and O–H groups in total. The minimum Gasteiger partial charge on any atom is -0.393 e. The first kappa shape index (κ1) is 15.8. The molecule has 0 aliphatic carbocycles. The Morgan fingerprint density at radius 3 is 2.76 bits per heavy atom. The number of amides is 2. The zero-order valence-electron chi connectivity index (χ0n) is 12.1. The summed E-state index contributed by atoms with van der Waals surface area (Å²) < 4.78 is 0. The molecule has 5 nitrogen and oxygen atoms in total. The van der Waals surface area contributed by atoms with Crippen LogP contribution in [0.4, 0.5) is 5.69 Å². The Bertz CT molecular complexity index is 560. The number of carbonyl (C=O) groups excluding carboxylic acids is 2. The highest BCUT2D eigenvalue weighted by Crippen LogP contribution is 2.22. The lowest BCUT2D eigenvalue weighted by atomic mass is 10.0. The van der Waals surface area contributed by atoms with E-state index >= 15 is 0 Å². The number of hydrogen-bond donors (Lipinski definition) is 2. The highest BCUT2D eigenvalue weighted by Gasteiger charge is 2.32. The lowest BCUT2D eigenvalue weighted by Crippen LogP contribution is -2.39. The minimum atomic E-state index is -0.660. The first-order valence-electron chi connectivity index (χ1n) is 6.93. The summed E-state index contributed by atoms with van der Waals surface area (Å²) in [6, 6.07) is 5.06. The maximum Gasteiger partial charge on any atom is 0.313 e. The van der Waals surface area contributed by atoms with Gasteiger partial charge < -0.3 is 15.3 Å². The molecule has 0 spiro atoms. The molecule has 0 aromatic heterocycles. The fourth-order valence-corrected chi connectivity index (χ4v) is 2.68. The summed E-state index contributed by atoms with van der Waals surface area (Å²) in [5, 5.41) is 12.7. The van der Waals surface area contributed by atoms with Crippen LogP contribution in [0.3, 0.4) is 0 Å². The van der Waals surface area contributed by atoms with E-state index in [-0.39, 0.29) is 5.92 Å². The molecular formula is C15H19ClN2O3. The van der Waals surface area contributed by atoms with Crippen LogP contribution >= 0.6 is 11.6 Å². The first-order valence-corrected chi connectivity index (χ1v) is 7.30. The summed E-state index contributed by atoms with van der Waals surface area (Å²) in [7, 11) is 0. The zero-order valence-corrected chi connectivity index (χ0v) is 12.9. The van der Waals surface area contributed by atoms with Crippen molar-refractivity contribution in [1.29, 1.82) is 0 Å². The maximum atomic E-state index is 12.1. The number of aliphatic hydroxyl groups is 1. The van der Waals surface area contributed by atoms with Crippen LogP contribution in [0.15, 0.2) is 18.2 Å². The van der Waals surface area contributed by atoms with E-state index in [0.29, 0.717) is 23.8 Å². The molecule has 1 heterocycles. The normalized spacial score (nSPS) is 19.4. The Labute approximate surface area is 128 Å². The molecule has 1 aliphatic rings. The van der Waals surface area contributed by atoms with Gasteiger partial charge in [-0.2, -0.15) is 0 Å². The van der Waals surface area contributed by atoms with Crippen LogP contribution in [0.5, 0.6) is 0 Å². The van der Waals surface area contributed by atoms with Crippen molar-refractivity contribution in [3.63, 3.8) is 0 Å². The van der Waals surface area contributed by atoms with Crippen molar-refractivity contribution in [2.75, 3.05) is 18.4 Å². The number of nitrogens with one attached hydrogen (secondary N) is 1. The average Bonchev–Trinajstić information content (AvgIpc) is 2.90. The topological polar surface area (TPSA) is 69.6 Å². The van der Waals surface area contributed by atoms with Crippen molar-refractivity contribution in [2.45, 2.75) is 26.4 Å². The fraction of sp³-hybridized carbons (Fsp3) is 0.467. The van der Waals surface area contributed by atoms with Gasteiger partial charge in [0.15, 0.2) is 0 Å². The zero-order chi connectivity index (χ0) is 15.6. The van der Waals surface area contributed by atoms with Gasteiger partial charge in [-0.3, -0.25) is 9.59 Å². The van der Waals surface area contributed by atoms with Crippen LogP contribution in [0.25, 0.3) is 0 Å². The van der Waals surface area contributed by atoms with Gasteiger partial charge in [-0.15, -0.1) is 0 Å². The van der Waals surface area contributed by atoms with Crippen molar-refractivity contribution in [2.24, 2.45) is 5.92 Å². The molecule has 21 heavy (non-hydrogen) atoms. The molecule has 1 aromatic carbocycles. The average molecular weight is 311 g/mol. The van der Waals surface area contributed by atoms with E-state index < -0.39 is 17.9 Å². The fourth-order valence-electron chi connectivity index (χ4n) is 2.45. The van der Waals surface area contributed by atoms with Crippen LogP contribution < -0.4 is 5.32 Å². The van der Waals surface area contributed by atoms with Gasteiger partial charge in [0, 0.05) is 29.7 Å². The van der Waals surface area contributed by atoms with Crippen LogP contribution in [-0.2, 0) is 9.59 Å². The molecule has 2 rings (SSSR count). The van der Waals surface area contributed by atoms with Crippen LogP contribution in [0.1, 0.15) is 18.9 Å². The Morgan fingerprint density at radius 1 is 1.48 bits per heavy atom. The summed E-state index contributed by atoms with van der Waals surface area (Å²) in [6.45, 7) is 4.44. The molecule has 114 valence electrons. The van der Waals surface area contributed by atoms with Crippen LogP contribution in [0.2, 0.25) is 5.02 Å². The number of rotatable bonds is 2. The van der Waals surface area contributed by atoms with Gasteiger partial charge in [0.1, 0.15) is 0 Å². The summed E-state index contributed by atoms with van der Waals surface area (Å²) in [5.41, 5.74) is 1.37. The van der Waals surface area contributed by atoms with Crippen molar-refractivity contribution >= 4 is 29.1 Å². The molecule has 6 heteroatoms. The number of aliphatic hydroxyl groups excluding tert-OH is 1. The summed E-state index contributed by atoms with van der Waals surface area (Å²) in [6.07, 6.45) is 0.251. The summed E-state index contributed by atoms with van der Waals surface area (Å²) in [4.78, 5) is 25.6. The quantitative estimate of drug-likeness (QED) is 0.819. The number of anilines is 1. The Balaban J connectivity index is 1.99. The van der Waals surface area contributed by atoms with E-state index in [9.17, 15) is 14.7 Å². The molecule has 0 saturated carbocycles. The Kier molecular flexibility index (Phi) is 4.85.